The van der Waals surface area contributed by atoms with Gasteiger partial charge in [0.25, 0.3) is 0 Å². The van der Waals surface area contributed by atoms with E-state index in [4.69, 9.17) is 16.5 Å². The lowest BCUT2D eigenvalue weighted by molar-refractivity contribution is 0.108. The summed E-state index contributed by atoms with van der Waals surface area (Å²) in [5, 5.41) is 0. The first-order valence-corrected chi connectivity index (χ1v) is 12.8. The van der Waals surface area contributed by atoms with Crippen molar-refractivity contribution >= 4 is 5.96 Å². The molecule has 0 atom stereocenters. The molecule has 0 aromatic carbocycles. The smallest absolute Gasteiger partial charge is 0.197 e. The number of piperazine rings is 2. The number of rotatable bonds is 8. The van der Waals surface area contributed by atoms with Gasteiger partial charge in [0, 0.05) is 58.9 Å². The van der Waals surface area contributed by atoms with E-state index in [1.807, 2.05) is 0 Å². The van der Waals surface area contributed by atoms with Gasteiger partial charge in [-0.2, -0.15) is 0 Å². The van der Waals surface area contributed by atoms with Gasteiger partial charge in [0.2, 0.25) is 0 Å². The Morgan fingerprint density at radius 2 is 1.19 bits per heavy atom. The summed E-state index contributed by atoms with van der Waals surface area (Å²) in [7, 11) is 0. The summed E-state index contributed by atoms with van der Waals surface area (Å²) >= 11 is 0. The molecular weight excluding hydrogens is 398 g/mol. The third-order valence-corrected chi connectivity index (χ3v) is 6.88. The molecule has 32 heavy (non-hydrogen) atoms. The van der Waals surface area contributed by atoms with Crippen LogP contribution in [-0.4, -0.2) is 110 Å². The summed E-state index contributed by atoms with van der Waals surface area (Å²) in [5.41, 5.74) is 12.2. The lowest BCUT2D eigenvalue weighted by Gasteiger charge is -2.45. The molecule has 4 N–H and O–H groups in total. The van der Waals surface area contributed by atoms with E-state index in [0.29, 0.717) is 0 Å². The summed E-state index contributed by atoms with van der Waals surface area (Å²) in [5.74, 6) is 1.21. The molecular formula is C25H53N7. The number of nitrogens with zero attached hydrogens (tertiary/aromatic N) is 5. The topological polar surface area (TPSA) is 77.4 Å². The van der Waals surface area contributed by atoms with Crippen LogP contribution < -0.4 is 11.5 Å². The van der Waals surface area contributed by atoms with Crippen molar-refractivity contribution in [1.29, 1.82) is 0 Å². The van der Waals surface area contributed by atoms with Crippen LogP contribution in [0.3, 0.4) is 0 Å². The molecule has 0 bridgehead atoms. The normalized spacial score (nSPS) is 20.8. The van der Waals surface area contributed by atoms with Gasteiger partial charge >= 0.3 is 0 Å². The summed E-state index contributed by atoms with van der Waals surface area (Å²) in [6.45, 7) is 28.3. The van der Waals surface area contributed by atoms with Crippen LogP contribution in [0.25, 0.3) is 0 Å². The van der Waals surface area contributed by atoms with Crippen LogP contribution in [0.2, 0.25) is 0 Å². The molecule has 2 aliphatic rings. The van der Waals surface area contributed by atoms with Crippen molar-refractivity contribution in [3.8, 4) is 0 Å². The molecule has 0 amide bonds. The Hall–Kier alpha value is -0.890. The fourth-order valence-electron chi connectivity index (χ4n) is 4.56. The minimum atomic E-state index is -0.0716. The van der Waals surface area contributed by atoms with Crippen molar-refractivity contribution in [2.75, 3.05) is 78.5 Å². The zero-order valence-corrected chi connectivity index (χ0v) is 22.3. The van der Waals surface area contributed by atoms with E-state index >= 15 is 0 Å². The maximum absolute atomic E-state index is 5.93. The van der Waals surface area contributed by atoms with E-state index in [0.717, 1.165) is 91.4 Å². The van der Waals surface area contributed by atoms with E-state index in [-0.39, 0.29) is 16.4 Å². The van der Waals surface area contributed by atoms with Gasteiger partial charge in [-0.25, -0.2) is 4.99 Å². The van der Waals surface area contributed by atoms with Crippen molar-refractivity contribution < 1.29 is 0 Å². The highest BCUT2D eigenvalue weighted by Gasteiger charge is 2.30. The van der Waals surface area contributed by atoms with Crippen molar-refractivity contribution in [2.45, 2.75) is 66.8 Å². The molecule has 0 aromatic heterocycles. The molecule has 7 nitrogen and oxygen atoms in total. The Morgan fingerprint density at radius 3 is 1.62 bits per heavy atom. The lowest BCUT2D eigenvalue weighted by atomic mass is 9.88. The number of nitrogens with two attached hydrogens (primary N) is 2. The van der Waals surface area contributed by atoms with Crippen LogP contribution >= 0.6 is 0 Å². The Bertz CT molecular complexity index is 578. The van der Waals surface area contributed by atoms with E-state index in [2.05, 4.69) is 68.1 Å². The number of hydrogen-bond donors (Lipinski definition) is 2. The fraction of sp³-hybridized carbons (Fsp3) is 0.960. The zero-order chi connectivity index (χ0) is 24.0. The Kier molecular flexibility index (Phi) is 9.83. The summed E-state index contributed by atoms with van der Waals surface area (Å²) < 4.78 is 0. The van der Waals surface area contributed by atoms with Crippen LogP contribution in [0.4, 0.5) is 0 Å². The molecule has 2 fully saturated rings. The maximum Gasteiger partial charge on any atom is 0.197 e. The van der Waals surface area contributed by atoms with E-state index in [1.165, 1.54) is 5.96 Å². The monoisotopic (exact) mass is 451 g/mol. The standard InChI is InChI=1S/C25H53N7/c1-23(2,3)28-22(31-16-12-29(13-17-31)11-9-24(4,5)20-27)32-18-14-30(15-19-32)21-25(6,7)8-10-26/h8-21,26-27H2,1-7H3. The highest BCUT2D eigenvalue weighted by Crippen LogP contribution is 2.23. The molecule has 2 aliphatic heterocycles. The Morgan fingerprint density at radius 1 is 0.688 bits per heavy atom. The summed E-state index contributed by atoms with van der Waals surface area (Å²) in [6.07, 6.45) is 2.24. The Labute approximate surface area is 198 Å². The summed E-state index contributed by atoms with van der Waals surface area (Å²) in [6, 6.07) is 0. The maximum atomic E-state index is 5.93. The summed E-state index contributed by atoms with van der Waals surface area (Å²) in [4.78, 5) is 15.5. The van der Waals surface area contributed by atoms with E-state index in [1.54, 1.807) is 0 Å². The Balaban J connectivity index is 1.94. The van der Waals surface area contributed by atoms with Crippen LogP contribution in [0, 0.1) is 10.8 Å². The minimum absolute atomic E-state index is 0.0716. The minimum Gasteiger partial charge on any atom is -0.340 e. The third-order valence-electron chi connectivity index (χ3n) is 6.88. The fourth-order valence-corrected chi connectivity index (χ4v) is 4.56. The van der Waals surface area contributed by atoms with Crippen molar-refractivity contribution in [3.05, 3.63) is 0 Å². The van der Waals surface area contributed by atoms with E-state index < -0.39 is 0 Å². The molecule has 2 heterocycles. The average molecular weight is 452 g/mol. The molecule has 2 saturated heterocycles. The first kappa shape index (κ1) is 27.4. The number of hydrogen-bond acceptors (Lipinski definition) is 5. The molecule has 0 spiro atoms. The van der Waals surface area contributed by atoms with Crippen molar-refractivity contribution in [1.82, 2.24) is 19.6 Å². The molecule has 0 aromatic rings. The predicted molar refractivity (Wildman–Crippen MR) is 138 cm³/mol. The van der Waals surface area contributed by atoms with Crippen LogP contribution in [0.5, 0.6) is 0 Å². The largest absolute Gasteiger partial charge is 0.340 e. The molecule has 0 unspecified atom stereocenters. The molecule has 7 heteroatoms. The van der Waals surface area contributed by atoms with Crippen molar-refractivity contribution in [2.24, 2.45) is 27.3 Å². The first-order chi connectivity index (χ1) is 14.8. The van der Waals surface area contributed by atoms with Gasteiger partial charge < -0.3 is 21.3 Å². The quantitative estimate of drug-likeness (QED) is 0.435. The van der Waals surface area contributed by atoms with Crippen LogP contribution in [-0.2, 0) is 0 Å². The number of aliphatic imine (C=N–C) groups is 1. The SMILES string of the molecule is CC(C)(CN)CCN1CCN(C(=NC(C)(C)C)N2CCN(CC(C)(C)CCN)CC2)CC1. The molecule has 188 valence electrons. The van der Waals surface area contributed by atoms with Crippen LogP contribution in [0.1, 0.15) is 61.3 Å². The van der Waals surface area contributed by atoms with Gasteiger partial charge in [-0.05, 0) is 64.1 Å². The van der Waals surface area contributed by atoms with Gasteiger partial charge in [0.15, 0.2) is 5.96 Å². The highest BCUT2D eigenvalue weighted by atomic mass is 15.4. The second-order valence-corrected chi connectivity index (χ2v) is 12.5. The highest BCUT2D eigenvalue weighted by molar-refractivity contribution is 5.81. The number of guanidine groups is 1. The third kappa shape index (κ3) is 9.16. The van der Waals surface area contributed by atoms with Gasteiger partial charge in [0.05, 0.1) is 5.54 Å². The average Bonchev–Trinajstić information content (AvgIpc) is 2.71. The van der Waals surface area contributed by atoms with Gasteiger partial charge in [0.1, 0.15) is 0 Å². The molecule has 0 aliphatic carbocycles. The lowest BCUT2D eigenvalue weighted by Crippen LogP contribution is -2.58. The molecule has 0 radical (unpaired) electrons. The molecule has 0 saturated carbocycles. The second kappa shape index (κ2) is 11.5. The van der Waals surface area contributed by atoms with Crippen LogP contribution in [0.15, 0.2) is 4.99 Å². The van der Waals surface area contributed by atoms with Gasteiger partial charge in [-0.1, -0.05) is 27.7 Å². The second-order valence-electron chi connectivity index (χ2n) is 12.5. The predicted octanol–water partition coefficient (Wildman–Crippen LogP) is 2.13. The molecule has 2 rings (SSSR count). The zero-order valence-electron chi connectivity index (χ0n) is 22.3. The first-order valence-electron chi connectivity index (χ1n) is 12.8. The van der Waals surface area contributed by atoms with Gasteiger partial charge in [-0.3, -0.25) is 9.80 Å². The van der Waals surface area contributed by atoms with Gasteiger partial charge in [-0.15, -0.1) is 0 Å². The van der Waals surface area contributed by atoms with Crippen molar-refractivity contribution in [3.63, 3.8) is 0 Å². The van der Waals surface area contributed by atoms with E-state index in [9.17, 15) is 0 Å².